The van der Waals surface area contributed by atoms with Gasteiger partial charge < -0.3 is 10.1 Å². The zero-order valence-corrected chi connectivity index (χ0v) is 13.5. The number of benzene rings is 1. The van der Waals surface area contributed by atoms with Crippen molar-refractivity contribution in [3.05, 3.63) is 28.2 Å². The molecule has 3 heteroatoms. The van der Waals surface area contributed by atoms with Gasteiger partial charge in [0.05, 0.1) is 11.6 Å². The molecule has 0 bridgehead atoms. The molecule has 1 aliphatic carbocycles. The van der Waals surface area contributed by atoms with Crippen molar-refractivity contribution in [1.29, 1.82) is 0 Å². The van der Waals surface area contributed by atoms with Crippen LogP contribution >= 0.6 is 15.9 Å². The van der Waals surface area contributed by atoms with Crippen LogP contribution in [-0.4, -0.2) is 14.2 Å². The van der Waals surface area contributed by atoms with Gasteiger partial charge in [0.15, 0.2) is 0 Å². The Hall–Kier alpha value is -0.540. The van der Waals surface area contributed by atoms with Crippen LogP contribution in [-0.2, 0) is 0 Å². The first-order valence-corrected chi connectivity index (χ1v) is 8.06. The van der Waals surface area contributed by atoms with Crippen LogP contribution in [0.15, 0.2) is 22.7 Å². The number of hydrogen-bond donors (Lipinski definition) is 1. The van der Waals surface area contributed by atoms with Crippen molar-refractivity contribution in [2.45, 2.75) is 44.6 Å². The van der Waals surface area contributed by atoms with Crippen molar-refractivity contribution in [2.24, 2.45) is 5.92 Å². The lowest BCUT2D eigenvalue weighted by Gasteiger charge is -2.26. The Balaban J connectivity index is 2.18. The van der Waals surface area contributed by atoms with Gasteiger partial charge in [-0.25, -0.2) is 0 Å². The van der Waals surface area contributed by atoms with Crippen molar-refractivity contribution < 1.29 is 4.74 Å². The average molecular weight is 326 g/mol. The standard InChI is InChI=1S/C16H24BrNO/c1-18-16(12-7-5-3-4-6-8-12)13-9-10-15(19-2)14(17)11-13/h9-12,16,18H,3-8H2,1-2H3. The summed E-state index contributed by atoms with van der Waals surface area (Å²) in [6.07, 6.45) is 8.24. The number of ether oxygens (including phenoxy) is 1. The molecule has 0 spiro atoms. The molecule has 1 aromatic carbocycles. The van der Waals surface area contributed by atoms with Crippen molar-refractivity contribution >= 4 is 15.9 Å². The van der Waals surface area contributed by atoms with Gasteiger partial charge in [-0.15, -0.1) is 0 Å². The second-order valence-electron chi connectivity index (χ2n) is 5.41. The molecule has 2 nitrogen and oxygen atoms in total. The smallest absolute Gasteiger partial charge is 0.133 e. The number of rotatable bonds is 4. The maximum Gasteiger partial charge on any atom is 0.133 e. The first kappa shape index (κ1) is 14.9. The summed E-state index contributed by atoms with van der Waals surface area (Å²) in [6.45, 7) is 0. The fraction of sp³-hybridized carbons (Fsp3) is 0.625. The Morgan fingerprint density at radius 3 is 2.42 bits per heavy atom. The predicted octanol–water partition coefficient (Wildman–Crippen LogP) is 4.69. The van der Waals surface area contributed by atoms with Gasteiger partial charge in [-0.1, -0.05) is 31.7 Å². The molecule has 106 valence electrons. The van der Waals surface area contributed by atoms with Crippen LogP contribution in [0.25, 0.3) is 0 Å². The molecular formula is C16H24BrNO. The maximum atomic E-state index is 5.31. The van der Waals surface area contributed by atoms with Crippen LogP contribution < -0.4 is 10.1 Å². The molecule has 19 heavy (non-hydrogen) atoms. The number of nitrogens with one attached hydrogen (secondary N) is 1. The van der Waals surface area contributed by atoms with E-state index < -0.39 is 0 Å². The molecule has 0 radical (unpaired) electrons. The van der Waals surface area contributed by atoms with E-state index in [1.165, 1.54) is 44.1 Å². The summed E-state index contributed by atoms with van der Waals surface area (Å²) in [5, 5.41) is 3.52. The third kappa shape index (κ3) is 3.73. The first-order chi connectivity index (χ1) is 9.26. The Kier molecular flexibility index (Phi) is 5.71. The summed E-state index contributed by atoms with van der Waals surface area (Å²) in [7, 11) is 3.79. The molecule has 2 rings (SSSR count). The third-order valence-electron chi connectivity index (χ3n) is 4.22. The lowest BCUT2D eigenvalue weighted by molar-refractivity contribution is 0.341. The van der Waals surface area contributed by atoms with E-state index in [0.29, 0.717) is 6.04 Å². The minimum absolute atomic E-state index is 0.459. The van der Waals surface area contributed by atoms with Crippen LogP contribution in [0.2, 0.25) is 0 Å². The minimum Gasteiger partial charge on any atom is -0.496 e. The summed E-state index contributed by atoms with van der Waals surface area (Å²) < 4.78 is 6.35. The van der Waals surface area contributed by atoms with Gasteiger partial charge in [0.25, 0.3) is 0 Å². The second kappa shape index (κ2) is 7.30. The number of methoxy groups -OCH3 is 1. The summed E-state index contributed by atoms with van der Waals surface area (Å²) in [5.74, 6) is 1.66. The van der Waals surface area contributed by atoms with Gasteiger partial charge >= 0.3 is 0 Å². The molecule has 1 unspecified atom stereocenters. The highest BCUT2D eigenvalue weighted by Crippen LogP contribution is 2.36. The Bertz CT molecular complexity index is 400. The van der Waals surface area contributed by atoms with Gasteiger partial charge in [-0.2, -0.15) is 0 Å². The molecule has 0 amide bonds. The molecular weight excluding hydrogens is 302 g/mol. The highest BCUT2D eigenvalue weighted by Gasteiger charge is 2.23. The molecule has 0 aliphatic heterocycles. The highest BCUT2D eigenvalue weighted by atomic mass is 79.9. The van der Waals surface area contributed by atoms with Crippen molar-refractivity contribution in [3.63, 3.8) is 0 Å². The molecule has 1 atom stereocenters. The fourth-order valence-corrected chi connectivity index (χ4v) is 3.75. The van der Waals surface area contributed by atoms with Crippen LogP contribution in [0.5, 0.6) is 5.75 Å². The van der Waals surface area contributed by atoms with E-state index in [9.17, 15) is 0 Å². The highest BCUT2D eigenvalue weighted by molar-refractivity contribution is 9.10. The van der Waals surface area contributed by atoms with Crippen molar-refractivity contribution in [3.8, 4) is 5.75 Å². The Labute approximate surface area is 125 Å². The summed E-state index contributed by atoms with van der Waals surface area (Å²) >= 11 is 3.59. The van der Waals surface area contributed by atoms with Gasteiger partial charge in [0.1, 0.15) is 5.75 Å². The van der Waals surface area contributed by atoms with Gasteiger partial charge in [0.2, 0.25) is 0 Å². The normalized spacial score (nSPS) is 18.9. The molecule has 1 fully saturated rings. The quantitative estimate of drug-likeness (QED) is 0.811. The zero-order chi connectivity index (χ0) is 13.7. The van der Waals surface area contributed by atoms with Gasteiger partial charge in [-0.3, -0.25) is 0 Å². The van der Waals surface area contributed by atoms with Gasteiger partial charge in [0, 0.05) is 6.04 Å². The molecule has 0 aromatic heterocycles. The first-order valence-electron chi connectivity index (χ1n) is 7.27. The summed E-state index contributed by atoms with van der Waals surface area (Å²) in [5.41, 5.74) is 1.36. The molecule has 0 heterocycles. The lowest BCUT2D eigenvalue weighted by Crippen LogP contribution is -2.25. The second-order valence-corrected chi connectivity index (χ2v) is 6.27. The summed E-state index contributed by atoms with van der Waals surface area (Å²) in [6, 6.07) is 6.90. The molecule has 1 aromatic rings. The summed E-state index contributed by atoms with van der Waals surface area (Å²) in [4.78, 5) is 0. The van der Waals surface area contributed by atoms with E-state index in [2.05, 4.69) is 46.5 Å². The molecule has 1 N–H and O–H groups in total. The fourth-order valence-electron chi connectivity index (χ4n) is 3.19. The number of hydrogen-bond acceptors (Lipinski definition) is 2. The van der Waals surface area contributed by atoms with Crippen LogP contribution in [0.4, 0.5) is 0 Å². The molecule has 1 aliphatic rings. The van der Waals surface area contributed by atoms with E-state index in [1.807, 2.05) is 0 Å². The molecule has 0 saturated heterocycles. The largest absolute Gasteiger partial charge is 0.496 e. The lowest BCUT2D eigenvalue weighted by atomic mass is 9.87. The van der Waals surface area contributed by atoms with Crippen LogP contribution in [0.3, 0.4) is 0 Å². The van der Waals surface area contributed by atoms with E-state index >= 15 is 0 Å². The minimum atomic E-state index is 0.459. The van der Waals surface area contributed by atoms with Crippen LogP contribution in [0.1, 0.15) is 50.1 Å². The Morgan fingerprint density at radius 1 is 1.21 bits per heavy atom. The zero-order valence-electron chi connectivity index (χ0n) is 11.9. The number of halogens is 1. The van der Waals surface area contributed by atoms with E-state index in [-0.39, 0.29) is 0 Å². The van der Waals surface area contributed by atoms with Crippen molar-refractivity contribution in [1.82, 2.24) is 5.32 Å². The third-order valence-corrected chi connectivity index (χ3v) is 4.84. The van der Waals surface area contributed by atoms with Crippen molar-refractivity contribution in [2.75, 3.05) is 14.2 Å². The monoisotopic (exact) mass is 325 g/mol. The Morgan fingerprint density at radius 2 is 1.89 bits per heavy atom. The predicted molar refractivity (Wildman–Crippen MR) is 83.7 cm³/mol. The van der Waals surface area contributed by atoms with Crippen LogP contribution in [0, 0.1) is 5.92 Å². The topological polar surface area (TPSA) is 21.3 Å². The van der Waals surface area contributed by atoms with Gasteiger partial charge in [-0.05, 0) is 59.4 Å². The van der Waals surface area contributed by atoms with E-state index in [4.69, 9.17) is 4.74 Å². The maximum absolute atomic E-state index is 5.31. The van der Waals surface area contributed by atoms with E-state index in [0.717, 1.165) is 16.1 Å². The average Bonchev–Trinajstić information content (AvgIpc) is 2.69. The molecule has 1 saturated carbocycles. The van der Waals surface area contributed by atoms with E-state index in [1.54, 1.807) is 7.11 Å². The SMILES string of the molecule is CNC(c1ccc(OC)c(Br)c1)C1CCCCCC1.